The summed E-state index contributed by atoms with van der Waals surface area (Å²) in [6.07, 6.45) is 1.44. The molecule has 146 valence electrons. The molecule has 29 heavy (non-hydrogen) atoms. The first-order valence-corrected chi connectivity index (χ1v) is 10.6. The summed E-state index contributed by atoms with van der Waals surface area (Å²) in [5.41, 5.74) is 1.38. The molecule has 0 radical (unpaired) electrons. The summed E-state index contributed by atoms with van der Waals surface area (Å²) in [5, 5.41) is 10.7. The van der Waals surface area contributed by atoms with Crippen molar-refractivity contribution in [3.63, 3.8) is 0 Å². The van der Waals surface area contributed by atoms with Crippen molar-refractivity contribution in [1.82, 2.24) is 19.7 Å². The summed E-state index contributed by atoms with van der Waals surface area (Å²) in [6, 6.07) is 14.1. The maximum Gasteiger partial charge on any atom is 0.269 e. The molecule has 4 aromatic rings. The van der Waals surface area contributed by atoms with Crippen LogP contribution in [0.15, 0.2) is 69.2 Å². The summed E-state index contributed by atoms with van der Waals surface area (Å²) in [6.45, 7) is 0. The number of halogens is 2. The van der Waals surface area contributed by atoms with Gasteiger partial charge in [-0.05, 0) is 48.5 Å². The minimum Gasteiger partial charge on any atom is -0.325 e. The van der Waals surface area contributed by atoms with Gasteiger partial charge in [0.1, 0.15) is 5.39 Å². The molecule has 7 nitrogen and oxygen atoms in total. The fourth-order valence-electron chi connectivity index (χ4n) is 2.65. The third kappa shape index (κ3) is 4.36. The number of thioether (sulfide) groups is 1. The van der Waals surface area contributed by atoms with E-state index in [2.05, 4.69) is 36.4 Å². The third-order valence-corrected chi connectivity index (χ3v) is 5.72. The van der Waals surface area contributed by atoms with Gasteiger partial charge >= 0.3 is 0 Å². The van der Waals surface area contributed by atoms with Crippen LogP contribution in [-0.4, -0.2) is 31.4 Å². The molecule has 2 N–H and O–H groups in total. The van der Waals surface area contributed by atoms with Gasteiger partial charge in [-0.25, -0.2) is 4.98 Å². The first kappa shape index (κ1) is 19.7. The average molecular weight is 491 g/mol. The van der Waals surface area contributed by atoms with Gasteiger partial charge in [-0.1, -0.05) is 39.3 Å². The van der Waals surface area contributed by atoms with Gasteiger partial charge in [-0.3, -0.25) is 19.3 Å². The van der Waals surface area contributed by atoms with E-state index in [0.717, 1.165) is 16.2 Å². The van der Waals surface area contributed by atoms with Gasteiger partial charge in [0.15, 0.2) is 10.8 Å². The second-order valence-corrected chi connectivity index (χ2v) is 8.28. The Hall–Kier alpha value is -2.62. The number of anilines is 1. The standard InChI is InChI=1S/C19H13BrClN5O2S/c20-11-1-5-13(6-2-11)23-16(27)10-29-19-24-17-15(9-22-25-17)18(28)26(19)14-7-3-12(21)4-8-14/h1-9H,10H2,(H,22,25)(H,23,27). The van der Waals surface area contributed by atoms with Gasteiger partial charge in [0.2, 0.25) is 5.91 Å². The van der Waals surface area contributed by atoms with E-state index in [-0.39, 0.29) is 17.2 Å². The lowest BCUT2D eigenvalue weighted by Crippen LogP contribution is -2.22. The molecule has 0 bridgehead atoms. The largest absolute Gasteiger partial charge is 0.325 e. The lowest BCUT2D eigenvalue weighted by Gasteiger charge is -2.12. The molecule has 1 amide bonds. The number of rotatable bonds is 5. The lowest BCUT2D eigenvalue weighted by molar-refractivity contribution is -0.113. The maximum atomic E-state index is 13.0. The van der Waals surface area contributed by atoms with E-state index in [9.17, 15) is 9.59 Å². The molecule has 0 fully saturated rings. The average Bonchev–Trinajstić information content (AvgIpc) is 3.18. The number of nitrogens with one attached hydrogen (secondary N) is 2. The van der Waals surface area contributed by atoms with Crippen LogP contribution in [-0.2, 0) is 4.79 Å². The van der Waals surface area contributed by atoms with E-state index in [1.807, 2.05) is 12.1 Å². The van der Waals surface area contributed by atoms with Crippen molar-refractivity contribution < 1.29 is 4.79 Å². The Morgan fingerprint density at radius 2 is 1.90 bits per heavy atom. The predicted octanol–water partition coefficient (Wildman–Crippen LogP) is 4.26. The summed E-state index contributed by atoms with van der Waals surface area (Å²) >= 11 is 10.5. The number of benzene rings is 2. The van der Waals surface area contributed by atoms with Crippen LogP contribution in [0.5, 0.6) is 0 Å². The van der Waals surface area contributed by atoms with Crippen LogP contribution in [0.4, 0.5) is 5.69 Å². The Labute approximate surface area is 182 Å². The Balaban J connectivity index is 1.63. The van der Waals surface area contributed by atoms with E-state index in [0.29, 0.717) is 32.6 Å². The number of hydrogen-bond acceptors (Lipinski definition) is 5. The van der Waals surface area contributed by atoms with Crippen molar-refractivity contribution in [3.8, 4) is 5.69 Å². The first-order chi connectivity index (χ1) is 14.0. The number of H-pyrrole nitrogens is 1. The molecule has 4 rings (SSSR count). The highest BCUT2D eigenvalue weighted by molar-refractivity contribution is 9.10. The van der Waals surface area contributed by atoms with E-state index < -0.39 is 0 Å². The molecular formula is C19H13BrClN5O2S. The minimum atomic E-state index is -0.276. The number of carbonyl (C=O) groups is 1. The Morgan fingerprint density at radius 1 is 1.17 bits per heavy atom. The fourth-order valence-corrected chi connectivity index (χ4v) is 3.85. The molecule has 0 aliphatic rings. The third-order valence-electron chi connectivity index (χ3n) is 4.00. The molecule has 0 aliphatic carbocycles. The van der Waals surface area contributed by atoms with Crippen molar-refractivity contribution >= 4 is 61.9 Å². The van der Waals surface area contributed by atoms with Gasteiger partial charge in [0.05, 0.1) is 17.6 Å². The molecule has 0 saturated heterocycles. The van der Waals surface area contributed by atoms with Crippen molar-refractivity contribution in [2.45, 2.75) is 5.16 Å². The van der Waals surface area contributed by atoms with Gasteiger partial charge in [0, 0.05) is 15.2 Å². The van der Waals surface area contributed by atoms with Crippen LogP contribution in [0.2, 0.25) is 5.02 Å². The fraction of sp³-hybridized carbons (Fsp3) is 0.0526. The van der Waals surface area contributed by atoms with Crippen LogP contribution < -0.4 is 10.9 Å². The zero-order valence-corrected chi connectivity index (χ0v) is 17.9. The number of aromatic amines is 1. The van der Waals surface area contributed by atoms with Crippen LogP contribution in [0.3, 0.4) is 0 Å². The quantitative estimate of drug-likeness (QED) is 0.322. The topological polar surface area (TPSA) is 92.7 Å². The van der Waals surface area contributed by atoms with E-state index >= 15 is 0 Å². The van der Waals surface area contributed by atoms with E-state index in [1.165, 1.54) is 10.8 Å². The number of aromatic nitrogens is 4. The van der Waals surface area contributed by atoms with E-state index in [1.54, 1.807) is 36.4 Å². The van der Waals surface area contributed by atoms with Crippen LogP contribution >= 0.6 is 39.3 Å². The molecular weight excluding hydrogens is 478 g/mol. The Kier molecular flexibility index (Phi) is 5.70. The molecule has 0 saturated carbocycles. The smallest absolute Gasteiger partial charge is 0.269 e. The van der Waals surface area contributed by atoms with Crippen molar-refractivity contribution in [2.75, 3.05) is 11.1 Å². The zero-order valence-electron chi connectivity index (χ0n) is 14.7. The van der Waals surface area contributed by atoms with Crippen molar-refractivity contribution in [3.05, 3.63) is 74.6 Å². The van der Waals surface area contributed by atoms with Crippen LogP contribution in [0.1, 0.15) is 0 Å². The van der Waals surface area contributed by atoms with Crippen LogP contribution in [0, 0.1) is 0 Å². The lowest BCUT2D eigenvalue weighted by atomic mass is 10.3. The molecule has 0 unspecified atom stereocenters. The van der Waals surface area contributed by atoms with Gasteiger partial charge in [-0.2, -0.15) is 5.10 Å². The summed E-state index contributed by atoms with van der Waals surface area (Å²) in [7, 11) is 0. The number of hydrogen-bond donors (Lipinski definition) is 2. The van der Waals surface area contributed by atoms with Crippen molar-refractivity contribution in [1.29, 1.82) is 0 Å². The van der Waals surface area contributed by atoms with Gasteiger partial charge < -0.3 is 5.32 Å². The molecule has 2 heterocycles. The van der Waals surface area contributed by atoms with Crippen molar-refractivity contribution in [2.24, 2.45) is 0 Å². The van der Waals surface area contributed by atoms with Crippen LogP contribution in [0.25, 0.3) is 16.7 Å². The highest BCUT2D eigenvalue weighted by Gasteiger charge is 2.16. The highest BCUT2D eigenvalue weighted by atomic mass is 79.9. The Bertz CT molecular complexity index is 1240. The molecule has 0 aliphatic heterocycles. The summed E-state index contributed by atoms with van der Waals surface area (Å²) < 4.78 is 2.38. The van der Waals surface area contributed by atoms with Gasteiger partial charge in [0.25, 0.3) is 5.56 Å². The second-order valence-electron chi connectivity index (χ2n) is 5.99. The number of fused-ring (bicyclic) bond motifs is 1. The van der Waals surface area contributed by atoms with E-state index in [4.69, 9.17) is 11.6 Å². The molecule has 0 spiro atoms. The number of carbonyl (C=O) groups excluding carboxylic acids is 1. The van der Waals surface area contributed by atoms with Gasteiger partial charge in [-0.15, -0.1) is 0 Å². The molecule has 2 aromatic carbocycles. The number of nitrogens with zero attached hydrogens (tertiary/aromatic N) is 3. The normalized spacial score (nSPS) is 11.0. The molecule has 2 aromatic heterocycles. The first-order valence-electron chi connectivity index (χ1n) is 8.41. The highest BCUT2D eigenvalue weighted by Crippen LogP contribution is 2.22. The minimum absolute atomic E-state index is 0.0791. The Morgan fingerprint density at radius 3 is 2.62 bits per heavy atom. The SMILES string of the molecule is O=C(CSc1nc2[nH]ncc2c(=O)n1-c1ccc(Cl)cc1)Nc1ccc(Br)cc1. The summed E-state index contributed by atoms with van der Waals surface area (Å²) in [4.78, 5) is 29.8. The maximum absolute atomic E-state index is 13.0. The molecule has 10 heteroatoms. The second kappa shape index (κ2) is 8.40. The predicted molar refractivity (Wildman–Crippen MR) is 118 cm³/mol. The molecule has 0 atom stereocenters. The monoisotopic (exact) mass is 489 g/mol. The zero-order chi connectivity index (χ0) is 20.4. The summed E-state index contributed by atoms with van der Waals surface area (Å²) in [5.74, 6) is -0.130. The number of amides is 1.